The van der Waals surface area contributed by atoms with Gasteiger partial charge < -0.3 is 5.11 Å². The predicted molar refractivity (Wildman–Crippen MR) is 103 cm³/mol. The van der Waals surface area contributed by atoms with Gasteiger partial charge in [0.05, 0.1) is 10.4 Å². The van der Waals surface area contributed by atoms with Crippen LogP contribution in [0.1, 0.15) is 0 Å². The smallest absolute Gasteiger partial charge is 0.268 e. The molecule has 1 aromatic heterocycles. The van der Waals surface area contributed by atoms with Crippen LogP contribution in [0.3, 0.4) is 0 Å². The van der Waals surface area contributed by atoms with Gasteiger partial charge in [-0.25, -0.2) is 16.8 Å². The lowest BCUT2D eigenvalue weighted by Crippen LogP contribution is -2.14. The molecule has 1 N–H and O–H groups in total. The van der Waals surface area contributed by atoms with Crippen molar-refractivity contribution in [1.29, 1.82) is 0 Å². The lowest BCUT2D eigenvalue weighted by atomic mass is 10.1. The second-order valence-electron chi connectivity index (χ2n) is 5.95. The Labute approximate surface area is 160 Å². The molecule has 27 heavy (non-hydrogen) atoms. The summed E-state index contributed by atoms with van der Waals surface area (Å²) in [4.78, 5) is -0.0899. The summed E-state index contributed by atoms with van der Waals surface area (Å²) in [5, 5.41) is 11.5. The molecule has 0 spiro atoms. The fraction of sp³-hybridized carbons (Fsp3) is 0. The Kier molecular flexibility index (Phi) is 4.17. The average molecular weight is 402 g/mol. The molecule has 1 heterocycles. The van der Waals surface area contributed by atoms with Crippen LogP contribution >= 0.6 is 11.6 Å². The molecular weight excluding hydrogens is 389 g/mol. The third kappa shape index (κ3) is 2.87. The molecule has 0 amide bonds. The van der Waals surface area contributed by atoms with Gasteiger partial charge in [0, 0.05) is 16.0 Å². The minimum atomic E-state index is -4.11. The first-order valence-electron chi connectivity index (χ1n) is 7.99. The molecule has 0 saturated carbocycles. The van der Waals surface area contributed by atoms with Crippen molar-refractivity contribution in [2.75, 3.05) is 0 Å². The summed E-state index contributed by atoms with van der Waals surface area (Å²) in [5.74, 6) is -0.728. The van der Waals surface area contributed by atoms with E-state index in [0.717, 1.165) is 16.1 Å². The topological polar surface area (TPSA) is 59.3 Å². The van der Waals surface area contributed by atoms with Gasteiger partial charge in [0.1, 0.15) is 17.3 Å². The van der Waals surface area contributed by atoms with Gasteiger partial charge in [0.2, 0.25) is 0 Å². The number of aromatic hydroxyl groups is 1. The van der Waals surface area contributed by atoms with Crippen LogP contribution < -0.4 is 0 Å². The number of hydrogen-bond acceptors (Lipinski definition) is 3. The highest BCUT2D eigenvalue weighted by Gasteiger charge is 2.28. The van der Waals surface area contributed by atoms with Gasteiger partial charge in [-0.3, -0.25) is 0 Å². The molecule has 136 valence electrons. The Balaban J connectivity index is 2.12. The number of fused-ring (bicyclic) bond motifs is 1. The Morgan fingerprint density at radius 2 is 1.59 bits per heavy atom. The number of benzene rings is 3. The van der Waals surface area contributed by atoms with Crippen LogP contribution in [-0.2, 0) is 10.0 Å². The third-order valence-electron chi connectivity index (χ3n) is 4.26. The van der Waals surface area contributed by atoms with Crippen LogP contribution in [0.25, 0.3) is 22.2 Å². The van der Waals surface area contributed by atoms with Gasteiger partial charge in [0.15, 0.2) is 0 Å². The van der Waals surface area contributed by atoms with E-state index in [1.54, 1.807) is 36.4 Å². The van der Waals surface area contributed by atoms with Crippen molar-refractivity contribution in [2.24, 2.45) is 0 Å². The van der Waals surface area contributed by atoms with Crippen molar-refractivity contribution < 1.29 is 17.9 Å². The summed E-state index contributed by atoms with van der Waals surface area (Å²) in [5.41, 5.74) is 0.922. The largest absolute Gasteiger partial charge is 0.505 e. The van der Waals surface area contributed by atoms with E-state index in [0.29, 0.717) is 16.0 Å². The fourth-order valence-electron chi connectivity index (χ4n) is 3.03. The molecule has 0 aliphatic carbocycles. The Morgan fingerprint density at radius 1 is 0.926 bits per heavy atom. The summed E-state index contributed by atoms with van der Waals surface area (Å²) >= 11 is 6.04. The molecule has 0 fully saturated rings. The van der Waals surface area contributed by atoms with Crippen molar-refractivity contribution in [3.63, 3.8) is 0 Å². The molecule has 7 heteroatoms. The molecule has 4 rings (SSSR count). The second-order valence-corrected chi connectivity index (χ2v) is 8.17. The average Bonchev–Trinajstić information content (AvgIpc) is 2.96. The third-order valence-corrected chi connectivity index (χ3v) is 6.22. The van der Waals surface area contributed by atoms with E-state index in [-0.39, 0.29) is 21.9 Å². The summed E-state index contributed by atoms with van der Waals surface area (Å²) in [6.07, 6.45) is 0. The van der Waals surface area contributed by atoms with Crippen molar-refractivity contribution in [3.05, 3.63) is 83.6 Å². The molecule has 4 aromatic rings. The molecule has 4 nitrogen and oxygen atoms in total. The van der Waals surface area contributed by atoms with Crippen LogP contribution in [0.5, 0.6) is 5.75 Å². The Bertz CT molecular complexity index is 1250. The highest BCUT2D eigenvalue weighted by molar-refractivity contribution is 7.90. The maximum atomic E-state index is 13.3. The van der Waals surface area contributed by atoms with Gasteiger partial charge in [0.25, 0.3) is 10.0 Å². The van der Waals surface area contributed by atoms with E-state index in [1.807, 2.05) is 0 Å². The summed E-state index contributed by atoms with van der Waals surface area (Å²) in [6, 6.07) is 17.8. The summed E-state index contributed by atoms with van der Waals surface area (Å²) < 4.78 is 41.0. The summed E-state index contributed by atoms with van der Waals surface area (Å²) in [6.45, 7) is 0. The van der Waals surface area contributed by atoms with E-state index in [2.05, 4.69) is 0 Å². The van der Waals surface area contributed by atoms with Gasteiger partial charge >= 0.3 is 0 Å². The molecule has 0 aliphatic heterocycles. The fourth-order valence-corrected chi connectivity index (χ4v) is 4.74. The molecule has 0 bridgehead atoms. The van der Waals surface area contributed by atoms with E-state index in [9.17, 15) is 17.9 Å². The molecular formula is C20H13ClFNO3S. The van der Waals surface area contributed by atoms with Gasteiger partial charge in [-0.05, 0) is 42.5 Å². The number of hydrogen-bond donors (Lipinski definition) is 1. The second kappa shape index (κ2) is 6.40. The van der Waals surface area contributed by atoms with Gasteiger partial charge in [-0.15, -0.1) is 0 Å². The lowest BCUT2D eigenvalue weighted by molar-refractivity contribution is 0.482. The van der Waals surface area contributed by atoms with E-state index in [4.69, 9.17) is 11.6 Å². The molecule has 0 radical (unpaired) electrons. The monoisotopic (exact) mass is 401 g/mol. The standard InChI is InChI=1S/C20H13ClFNO3S/c21-14-6-11-18-17(12-14)20(24)19(13-4-2-1-3-5-13)23(18)27(25,26)16-9-7-15(22)8-10-16/h1-12,24H. The number of rotatable bonds is 3. The van der Waals surface area contributed by atoms with Crippen molar-refractivity contribution in [1.82, 2.24) is 3.97 Å². The van der Waals surface area contributed by atoms with Crippen LogP contribution in [0.4, 0.5) is 4.39 Å². The van der Waals surface area contributed by atoms with Crippen LogP contribution in [-0.4, -0.2) is 17.5 Å². The molecule has 0 saturated heterocycles. The SMILES string of the molecule is O=S(=O)(c1ccc(F)cc1)n1c(-c2ccccc2)c(O)c2cc(Cl)ccc21. The van der Waals surface area contributed by atoms with Crippen LogP contribution in [0, 0.1) is 5.82 Å². The maximum absolute atomic E-state index is 13.3. The van der Waals surface area contributed by atoms with E-state index < -0.39 is 15.8 Å². The zero-order valence-electron chi connectivity index (χ0n) is 13.8. The Morgan fingerprint density at radius 3 is 2.26 bits per heavy atom. The maximum Gasteiger partial charge on any atom is 0.268 e. The van der Waals surface area contributed by atoms with Crippen LogP contribution in [0.15, 0.2) is 77.7 Å². The highest BCUT2D eigenvalue weighted by atomic mass is 35.5. The molecule has 0 unspecified atom stereocenters. The minimum absolute atomic E-state index is 0.0899. The Hall–Kier alpha value is -2.83. The first-order chi connectivity index (χ1) is 12.9. The molecule has 3 aromatic carbocycles. The quantitative estimate of drug-likeness (QED) is 0.523. The molecule has 0 aliphatic rings. The van der Waals surface area contributed by atoms with E-state index in [1.165, 1.54) is 24.3 Å². The highest BCUT2D eigenvalue weighted by Crippen LogP contribution is 2.42. The number of aromatic nitrogens is 1. The zero-order chi connectivity index (χ0) is 19.2. The molecule has 0 atom stereocenters. The van der Waals surface area contributed by atoms with E-state index >= 15 is 0 Å². The van der Waals surface area contributed by atoms with Gasteiger partial charge in [-0.2, -0.15) is 0 Å². The first kappa shape index (κ1) is 17.6. The van der Waals surface area contributed by atoms with Gasteiger partial charge in [-0.1, -0.05) is 41.9 Å². The normalized spacial score (nSPS) is 11.8. The zero-order valence-corrected chi connectivity index (χ0v) is 15.4. The number of nitrogens with zero attached hydrogens (tertiary/aromatic N) is 1. The lowest BCUT2D eigenvalue weighted by Gasteiger charge is -2.12. The van der Waals surface area contributed by atoms with Crippen molar-refractivity contribution in [3.8, 4) is 17.0 Å². The predicted octanol–water partition coefficient (Wildman–Crippen LogP) is 5.04. The first-order valence-corrected chi connectivity index (χ1v) is 9.81. The van der Waals surface area contributed by atoms with Crippen molar-refractivity contribution in [2.45, 2.75) is 4.90 Å². The number of halogens is 2. The van der Waals surface area contributed by atoms with Crippen molar-refractivity contribution >= 4 is 32.5 Å². The van der Waals surface area contributed by atoms with Crippen LogP contribution in [0.2, 0.25) is 5.02 Å². The summed E-state index contributed by atoms with van der Waals surface area (Å²) in [7, 11) is -4.11. The minimum Gasteiger partial charge on any atom is -0.505 e.